The molecule has 1 aliphatic heterocycles. The Balaban J connectivity index is 1.85. The predicted molar refractivity (Wildman–Crippen MR) is 114 cm³/mol. The highest BCUT2D eigenvalue weighted by atomic mass is 16.3. The number of hydrogen-bond donors (Lipinski definition) is 3. The zero-order valence-electron chi connectivity index (χ0n) is 18.4. The molecule has 3 rings (SSSR count). The second kappa shape index (κ2) is 9.15. The minimum Gasteiger partial charge on any atom is -0.391 e. The van der Waals surface area contributed by atoms with Crippen molar-refractivity contribution in [2.45, 2.75) is 57.9 Å². The van der Waals surface area contributed by atoms with E-state index in [1.807, 2.05) is 51.1 Å². The van der Waals surface area contributed by atoms with Crippen molar-refractivity contribution in [3.05, 3.63) is 47.8 Å². The van der Waals surface area contributed by atoms with Crippen LogP contribution in [0.2, 0.25) is 0 Å². The molecule has 0 aliphatic carbocycles. The SMILES string of the molecule is CNC(=O)[C@H]1C[C@H](O)CN1C(=O)[C@@H](n1cc(C(O)Cc2ccccc2)nn1)C(C)(C)C. The molecule has 1 aromatic heterocycles. The lowest BCUT2D eigenvalue weighted by molar-refractivity contribution is -0.144. The molecule has 2 amide bonds. The fraction of sp³-hybridized carbons (Fsp3) is 0.545. The number of hydrogen-bond acceptors (Lipinski definition) is 6. The summed E-state index contributed by atoms with van der Waals surface area (Å²) in [5.41, 5.74) is 0.787. The molecule has 1 fully saturated rings. The minimum atomic E-state index is -0.862. The average Bonchev–Trinajstić information content (AvgIpc) is 3.34. The second-order valence-corrected chi connectivity index (χ2v) is 9.11. The molecule has 0 radical (unpaired) electrons. The molecule has 1 unspecified atom stereocenters. The van der Waals surface area contributed by atoms with Gasteiger partial charge in [-0.1, -0.05) is 56.3 Å². The van der Waals surface area contributed by atoms with Gasteiger partial charge in [-0.15, -0.1) is 5.10 Å². The largest absolute Gasteiger partial charge is 0.391 e. The van der Waals surface area contributed by atoms with Gasteiger partial charge < -0.3 is 20.4 Å². The Labute approximate surface area is 182 Å². The molecule has 168 valence electrons. The Bertz CT molecular complexity index is 908. The maximum absolute atomic E-state index is 13.5. The molecule has 4 atom stereocenters. The van der Waals surface area contributed by atoms with Gasteiger partial charge in [0.25, 0.3) is 0 Å². The fourth-order valence-electron chi connectivity index (χ4n) is 4.02. The van der Waals surface area contributed by atoms with Crippen molar-refractivity contribution in [3.8, 4) is 0 Å². The summed E-state index contributed by atoms with van der Waals surface area (Å²) in [4.78, 5) is 27.2. The zero-order valence-corrected chi connectivity index (χ0v) is 18.4. The number of likely N-dealkylation sites (N-methyl/N-ethyl adjacent to an activating group) is 1. The lowest BCUT2D eigenvalue weighted by atomic mass is 9.85. The third-order valence-electron chi connectivity index (χ3n) is 5.57. The molecular formula is C22H31N5O4. The number of amides is 2. The van der Waals surface area contributed by atoms with Gasteiger partial charge in [-0.2, -0.15) is 0 Å². The molecule has 2 heterocycles. The number of aliphatic hydroxyl groups is 2. The first-order valence-electron chi connectivity index (χ1n) is 10.5. The Kier molecular flexibility index (Phi) is 6.76. The van der Waals surface area contributed by atoms with Crippen molar-refractivity contribution in [1.29, 1.82) is 0 Å². The van der Waals surface area contributed by atoms with Crippen molar-refractivity contribution < 1.29 is 19.8 Å². The summed E-state index contributed by atoms with van der Waals surface area (Å²) in [5, 5.41) is 31.5. The number of likely N-dealkylation sites (tertiary alicyclic amines) is 1. The van der Waals surface area contributed by atoms with E-state index in [9.17, 15) is 19.8 Å². The first kappa shape index (κ1) is 22.9. The van der Waals surface area contributed by atoms with Crippen LogP contribution in [0.1, 0.15) is 50.6 Å². The third kappa shape index (κ3) is 5.11. The summed E-state index contributed by atoms with van der Waals surface area (Å²) in [6, 6.07) is 8.08. The fourth-order valence-corrected chi connectivity index (χ4v) is 4.02. The van der Waals surface area contributed by atoms with Crippen LogP contribution in [0.4, 0.5) is 0 Å². The number of carbonyl (C=O) groups excluding carboxylic acids is 2. The van der Waals surface area contributed by atoms with Gasteiger partial charge in [0.05, 0.1) is 12.3 Å². The highest BCUT2D eigenvalue weighted by Crippen LogP contribution is 2.34. The van der Waals surface area contributed by atoms with Crippen LogP contribution < -0.4 is 5.32 Å². The molecule has 1 aromatic carbocycles. The van der Waals surface area contributed by atoms with E-state index in [0.717, 1.165) is 5.56 Å². The van der Waals surface area contributed by atoms with Gasteiger partial charge in [-0.3, -0.25) is 9.59 Å². The molecule has 31 heavy (non-hydrogen) atoms. The molecule has 0 bridgehead atoms. The zero-order chi connectivity index (χ0) is 22.8. The summed E-state index contributed by atoms with van der Waals surface area (Å²) in [6.45, 7) is 5.79. The smallest absolute Gasteiger partial charge is 0.248 e. The van der Waals surface area contributed by atoms with E-state index in [1.165, 1.54) is 16.6 Å². The minimum absolute atomic E-state index is 0.0850. The van der Waals surface area contributed by atoms with Crippen LogP contribution in [0.5, 0.6) is 0 Å². The maximum Gasteiger partial charge on any atom is 0.248 e. The molecule has 0 saturated carbocycles. The Morgan fingerprint density at radius 2 is 1.94 bits per heavy atom. The monoisotopic (exact) mass is 429 g/mol. The van der Waals surface area contributed by atoms with Crippen LogP contribution in [0.3, 0.4) is 0 Å². The standard InChI is InChI=1S/C22H31N5O4/c1-22(2,3)19(21(31)26-12-15(28)11-17(26)20(30)23-4)27-13-16(24-25-27)18(29)10-14-8-6-5-7-9-14/h5-9,13,15,17-19,28-29H,10-12H2,1-4H3,(H,23,30)/t15-,17+,18?,19+/m0/s1. The number of β-amino-alcohol motifs (C(OH)–C–C–N with tert-alkyl or cyclic N) is 1. The molecule has 9 nitrogen and oxygen atoms in total. The number of nitrogens with zero attached hydrogens (tertiary/aromatic N) is 4. The van der Waals surface area contributed by atoms with Crippen LogP contribution in [0.15, 0.2) is 36.5 Å². The molecule has 9 heteroatoms. The molecule has 1 aliphatic rings. The van der Waals surface area contributed by atoms with Crippen LogP contribution >= 0.6 is 0 Å². The molecule has 2 aromatic rings. The normalized spacial score (nSPS) is 21.0. The molecule has 1 saturated heterocycles. The topological polar surface area (TPSA) is 121 Å². The van der Waals surface area contributed by atoms with Crippen LogP contribution in [0, 0.1) is 5.41 Å². The number of nitrogens with one attached hydrogen (secondary N) is 1. The summed E-state index contributed by atoms with van der Waals surface area (Å²) in [6.07, 6.45) is 0.541. The van der Waals surface area contributed by atoms with E-state index < -0.39 is 29.7 Å². The highest BCUT2D eigenvalue weighted by Gasteiger charge is 2.45. The van der Waals surface area contributed by atoms with Crippen molar-refractivity contribution in [2.24, 2.45) is 5.41 Å². The molecule has 3 N–H and O–H groups in total. The predicted octanol–water partition coefficient (Wildman–Crippen LogP) is 0.849. The van der Waals surface area contributed by atoms with E-state index in [-0.39, 0.29) is 24.8 Å². The molecule has 0 spiro atoms. The summed E-state index contributed by atoms with van der Waals surface area (Å²) in [5.74, 6) is -0.623. The van der Waals surface area contributed by atoms with Gasteiger partial charge in [0.1, 0.15) is 23.9 Å². The molecular weight excluding hydrogens is 398 g/mol. The lowest BCUT2D eigenvalue weighted by Gasteiger charge is -2.34. The van der Waals surface area contributed by atoms with E-state index in [4.69, 9.17) is 0 Å². The van der Waals surface area contributed by atoms with Gasteiger partial charge >= 0.3 is 0 Å². The first-order valence-corrected chi connectivity index (χ1v) is 10.5. The van der Waals surface area contributed by atoms with Crippen LogP contribution in [-0.2, 0) is 16.0 Å². The lowest BCUT2D eigenvalue weighted by Crippen LogP contribution is -2.49. The van der Waals surface area contributed by atoms with E-state index in [1.54, 1.807) is 6.20 Å². The quantitative estimate of drug-likeness (QED) is 0.626. The number of carbonyl (C=O) groups is 2. The highest BCUT2D eigenvalue weighted by molar-refractivity contribution is 5.90. The van der Waals surface area contributed by atoms with Crippen molar-refractivity contribution in [1.82, 2.24) is 25.2 Å². The Morgan fingerprint density at radius 1 is 1.26 bits per heavy atom. The van der Waals surface area contributed by atoms with Gasteiger partial charge in [0.2, 0.25) is 11.8 Å². The van der Waals surface area contributed by atoms with Crippen LogP contribution in [-0.4, -0.2) is 67.7 Å². The first-order chi connectivity index (χ1) is 14.6. The van der Waals surface area contributed by atoms with E-state index in [2.05, 4.69) is 15.6 Å². The number of aromatic nitrogens is 3. The van der Waals surface area contributed by atoms with Gasteiger partial charge in [-0.25, -0.2) is 4.68 Å². The van der Waals surface area contributed by atoms with Crippen LogP contribution in [0.25, 0.3) is 0 Å². The Hall–Kier alpha value is -2.78. The number of aliphatic hydroxyl groups excluding tert-OH is 2. The van der Waals surface area contributed by atoms with E-state index >= 15 is 0 Å². The summed E-state index contributed by atoms with van der Waals surface area (Å²) in [7, 11) is 1.51. The number of benzene rings is 1. The van der Waals surface area contributed by atoms with Gasteiger partial charge in [-0.05, 0) is 11.0 Å². The summed E-state index contributed by atoms with van der Waals surface area (Å²) >= 11 is 0. The van der Waals surface area contributed by atoms with Crippen molar-refractivity contribution >= 4 is 11.8 Å². The maximum atomic E-state index is 13.5. The van der Waals surface area contributed by atoms with E-state index in [0.29, 0.717) is 12.1 Å². The number of rotatable bonds is 6. The Morgan fingerprint density at radius 3 is 2.55 bits per heavy atom. The van der Waals surface area contributed by atoms with Gasteiger partial charge in [0.15, 0.2) is 0 Å². The van der Waals surface area contributed by atoms with Gasteiger partial charge in [0, 0.05) is 26.4 Å². The second-order valence-electron chi connectivity index (χ2n) is 9.11. The van der Waals surface area contributed by atoms with Crippen molar-refractivity contribution in [3.63, 3.8) is 0 Å². The average molecular weight is 430 g/mol. The summed E-state index contributed by atoms with van der Waals surface area (Å²) < 4.78 is 1.46. The third-order valence-corrected chi connectivity index (χ3v) is 5.57. The van der Waals surface area contributed by atoms with Crippen molar-refractivity contribution in [2.75, 3.05) is 13.6 Å².